The molecule has 0 aromatic heterocycles. The van der Waals surface area contributed by atoms with Crippen molar-refractivity contribution in [2.75, 3.05) is 13.1 Å². The average Bonchev–Trinajstić information content (AvgIpc) is 2.25. The number of rotatable bonds is 6. The first-order valence-corrected chi connectivity index (χ1v) is 6.61. The van der Waals surface area contributed by atoms with Crippen LogP contribution < -0.4 is 5.32 Å². The van der Waals surface area contributed by atoms with Crippen LogP contribution in [0.15, 0.2) is 0 Å². The monoisotopic (exact) mass is 217 g/mol. The van der Waals surface area contributed by atoms with E-state index in [0.717, 1.165) is 25.3 Å². The van der Waals surface area contributed by atoms with Crippen molar-refractivity contribution < 1.29 is 0 Å². The predicted octanol–water partition coefficient (Wildman–Crippen LogP) is 3.56. The maximum Gasteiger partial charge on any atom is 0.0345 e. The maximum absolute atomic E-state index is 6.05. The van der Waals surface area contributed by atoms with Gasteiger partial charge in [-0.15, -0.1) is 11.6 Å². The van der Waals surface area contributed by atoms with Gasteiger partial charge in [0.25, 0.3) is 0 Å². The van der Waals surface area contributed by atoms with Gasteiger partial charge in [-0.1, -0.05) is 26.2 Å². The fourth-order valence-electron chi connectivity index (χ4n) is 2.16. The molecule has 0 saturated heterocycles. The lowest BCUT2D eigenvalue weighted by molar-refractivity contribution is 0.342. The Balaban J connectivity index is 1.92. The first kappa shape index (κ1) is 12.3. The third kappa shape index (κ3) is 5.21. The highest BCUT2D eigenvalue weighted by atomic mass is 35.5. The van der Waals surface area contributed by atoms with Gasteiger partial charge in [0.1, 0.15) is 0 Å². The first-order valence-electron chi connectivity index (χ1n) is 6.17. The second-order valence-electron chi connectivity index (χ2n) is 4.50. The Morgan fingerprint density at radius 3 is 2.64 bits per heavy atom. The topological polar surface area (TPSA) is 12.0 Å². The Kier molecular flexibility index (Phi) is 6.63. The lowest BCUT2D eigenvalue weighted by Crippen LogP contribution is -2.26. The molecule has 0 radical (unpaired) electrons. The Morgan fingerprint density at radius 1 is 1.29 bits per heavy atom. The Hall–Kier alpha value is 0.250. The third-order valence-corrected chi connectivity index (χ3v) is 3.76. The van der Waals surface area contributed by atoms with E-state index in [4.69, 9.17) is 11.6 Å². The molecule has 0 aromatic rings. The molecule has 1 aliphatic carbocycles. The molecule has 1 rings (SSSR count). The minimum atomic E-state index is 0.369. The molecule has 1 N–H and O–H groups in total. The molecular formula is C12H24ClN. The minimum absolute atomic E-state index is 0.369. The van der Waals surface area contributed by atoms with Crippen LogP contribution in [0.2, 0.25) is 0 Å². The first-order chi connectivity index (χ1) is 6.83. The van der Waals surface area contributed by atoms with Crippen molar-refractivity contribution in [2.24, 2.45) is 5.92 Å². The number of hydrogen-bond acceptors (Lipinski definition) is 1. The molecule has 0 spiro atoms. The van der Waals surface area contributed by atoms with Crippen molar-refractivity contribution in [2.45, 2.75) is 57.2 Å². The van der Waals surface area contributed by atoms with Crippen LogP contribution in [0.1, 0.15) is 51.9 Å². The summed E-state index contributed by atoms with van der Waals surface area (Å²) in [5.41, 5.74) is 0. The molecule has 0 aliphatic heterocycles. The number of nitrogens with one attached hydrogen (secondary N) is 1. The zero-order valence-corrected chi connectivity index (χ0v) is 10.2. The summed E-state index contributed by atoms with van der Waals surface area (Å²) in [4.78, 5) is 0. The molecule has 1 atom stereocenters. The van der Waals surface area contributed by atoms with E-state index in [1.807, 2.05) is 0 Å². The van der Waals surface area contributed by atoms with Crippen LogP contribution in [-0.2, 0) is 0 Å². The van der Waals surface area contributed by atoms with Gasteiger partial charge in [0.15, 0.2) is 0 Å². The highest BCUT2D eigenvalue weighted by molar-refractivity contribution is 6.20. The molecule has 1 fully saturated rings. The molecular weight excluding hydrogens is 194 g/mol. The molecule has 0 aromatic carbocycles. The summed E-state index contributed by atoms with van der Waals surface area (Å²) in [7, 11) is 0. The summed E-state index contributed by atoms with van der Waals surface area (Å²) >= 11 is 6.05. The van der Waals surface area contributed by atoms with Crippen LogP contribution >= 0.6 is 11.6 Å². The maximum atomic E-state index is 6.05. The lowest BCUT2D eigenvalue weighted by atomic mass is 9.89. The van der Waals surface area contributed by atoms with Crippen LogP contribution in [0.4, 0.5) is 0 Å². The van der Waals surface area contributed by atoms with Gasteiger partial charge in [-0.05, 0) is 44.7 Å². The quantitative estimate of drug-likeness (QED) is 0.530. The second-order valence-corrected chi connectivity index (χ2v) is 5.12. The SMILES string of the molecule is CCC(Cl)CCNCC1CCCCC1. The smallest absolute Gasteiger partial charge is 0.0345 e. The van der Waals surface area contributed by atoms with Crippen LogP contribution in [-0.4, -0.2) is 18.5 Å². The third-order valence-electron chi connectivity index (χ3n) is 3.24. The van der Waals surface area contributed by atoms with E-state index in [1.165, 1.54) is 38.6 Å². The summed E-state index contributed by atoms with van der Waals surface area (Å²) in [6.07, 6.45) is 9.42. The van der Waals surface area contributed by atoms with E-state index < -0.39 is 0 Å². The van der Waals surface area contributed by atoms with E-state index >= 15 is 0 Å². The predicted molar refractivity (Wildman–Crippen MR) is 64.0 cm³/mol. The van der Waals surface area contributed by atoms with Crippen molar-refractivity contribution in [1.29, 1.82) is 0 Å². The van der Waals surface area contributed by atoms with E-state index in [9.17, 15) is 0 Å². The summed E-state index contributed by atoms with van der Waals surface area (Å²) in [6, 6.07) is 0. The molecule has 1 aliphatic rings. The standard InChI is InChI=1S/C12H24ClN/c1-2-12(13)8-9-14-10-11-6-4-3-5-7-11/h11-12,14H,2-10H2,1H3. The van der Waals surface area contributed by atoms with Crippen LogP contribution in [0.3, 0.4) is 0 Å². The van der Waals surface area contributed by atoms with Gasteiger partial charge in [-0.3, -0.25) is 0 Å². The molecule has 0 heterocycles. The molecule has 84 valence electrons. The number of halogens is 1. The fourth-order valence-corrected chi connectivity index (χ4v) is 2.27. The Bertz CT molecular complexity index is 132. The van der Waals surface area contributed by atoms with Gasteiger partial charge in [0.05, 0.1) is 0 Å². The molecule has 1 unspecified atom stereocenters. The highest BCUT2D eigenvalue weighted by Gasteiger charge is 2.12. The molecule has 14 heavy (non-hydrogen) atoms. The van der Waals surface area contributed by atoms with E-state index in [1.54, 1.807) is 0 Å². The molecule has 1 nitrogen and oxygen atoms in total. The van der Waals surface area contributed by atoms with Crippen LogP contribution in [0.25, 0.3) is 0 Å². The van der Waals surface area contributed by atoms with Crippen molar-refractivity contribution in [1.82, 2.24) is 5.32 Å². The lowest BCUT2D eigenvalue weighted by Gasteiger charge is -2.22. The van der Waals surface area contributed by atoms with Crippen molar-refractivity contribution in [3.63, 3.8) is 0 Å². The average molecular weight is 218 g/mol. The molecule has 1 saturated carbocycles. The van der Waals surface area contributed by atoms with Crippen molar-refractivity contribution in [3.05, 3.63) is 0 Å². The summed E-state index contributed by atoms with van der Waals surface area (Å²) < 4.78 is 0. The van der Waals surface area contributed by atoms with Crippen LogP contribution in [0, 0.1) is 5.92 Å². The van der Waals surface area contributed by atoms with Gasteiger partial charge >= 0.3 is 0 Å². The van der Waals surface area contributed by atoms with Gasteiger partial charge in [-0.2, -0.15) is 0 Å². The molecule has 0 bridgehead atoms. The molecule has 2 heteroatoms. The van der Waals surface area contributed by atoms with Gasteiger partial charge < -0.3 is 5.32 Å². The number of alkyl halides is 1. The van der Waals surface area contributed by atoms with Crippen molar-refractivity contribution in [3.8, 4) is 0 Å². The van der Waals surface area contributed by atoms with E-state index in [0.29, 0.717) is 5.38 Å². The minimum Gasteiger partial charge on any atom is -0.316 e. The van der Waals surface area contributed by atoms with Crippen LogP contribution in [0.5, 0.6) is 0 Å². The summed E-state index contributed by atoms with van der Waals surface area (Å²) in [5.74, 6) is 0.944. The normalized spacial score (nSPS) is 21.0. The summed E-state index contributed by atoms with van der Waals surface area (Å²) in [6.45, 7) is 4.46. The summed E-state index contributed by atoms with van der Waals surface area (Å²) in [5, 5.41) is 3.91. The number of hydrogen-bond donors (Lipinski definition) is 1. The van der Waals surface area contributed by atoms with Gasteiger partial charge in [0.2, 0.25) is 0 Å². The Morgan fingerprint density at radius 2 is 2.00 bits per heavy atom. The largest absolute Gasteiger partial charge is 0.316 e. The molecule has 0 amide bonds. The zero-order valence-electron chi connectivity index (χ0n) is 9.40. The zero-order chi connectivity index (χ0) is 10.2. The fraction of sp³-hybridized carbons (Fsp3) is 1.00. The van der Waals surface area contributed by atoms with Crippen molar-refractivity contribution >= 4 is 11.6 Å². The highest BCUT2D eigenvalue weighted by Crippen LogP contribution is 2.22. The van der Waals surface area contributed by atoms with Gasteiger partial charge in [0, 0.05) is 5.38 Å². The van der Waals surface area contributed by atoms with E-state index in [-0.39, 0.29) is 0 Å². The Labute approximate surface area is 93.6 Å². The van der Waals surface area contributed by atoms with Gasteiger partial charge in [-0.25, -0.2) is 0 Å². The second kappa shape index (κ2) is 7.53. The van der Waals surface area contributed by atoms with E-state index in [2.05, 4.69) is 12.2 Å².